The summed E-state index contributed by atoms with van der Waals surface area (Å²) >= 11 is 0. The number of hydrogen-bond acceptors (Lipinski definition) is 4. The Bertz CT molecular complexity index is 875. The van der Waals surface area contributed by atoms with Gasteiger partial charge in [0, 0.05) is 17.7 Å². The minimum Gasteiger partial charge on any atom is -0.368 e. The van der Waals surface area contributed by atoms with Crippen LogP contribution in [0, 0.1) is 6.92 Å². The number of halogens is 4. The van der Waals surface area contributed by atoms with Crippen LogP contribution in [0.5, 0.6) is 0 Å². The summed E-state index contributed by atoms with van der Waals surface area (Å²) in [7, 11) is 0. The number of allylic oxidation sites excluding steroid dienone is 4. The van der Waals surface area contributed by atoms with Gasteiger partial charge in [-0.3, -0.25) is 0 Å². The van der Waals surface area contributed by atoms with Crippen LogP contribution in [0.25, 0.3) is 5.57 Å². The van der Waals surface area contributed by atoms with E-state index in [1.54, 1.807) is 12.1 Å². The van der Waals surface area contributed by atoms with Crippen LogP contribution in [-0.4, -0.2) is 27.0 Å². The number of aryl methyl sites for hydroxylation is 1. The van der Waals surface area contributed by atoms with E-state index in [4.69, 9.17) is 5.73 Å². The lowest BCUT2D eigenvalue weighted by Crippen LogP contribution is -2.31. The van der Waals surface area contributed by atoms with Gasteiger partial charge in [0.15, 0.2) is 0 Å². The summed E-state index contributed by atoms with van der Waals surface area (Å²) in [5.74, 6) is -0.0243. The van der Waals surface area contributed by atoms with E-state index in [-0.39, 0.29) is 35.2 Å². The molecule has 0 spiro atoms. The molecule has 1 aliphatic carbocycles. The molecule has 0 amide bonds. The number of anilines is 2. The number of nitrogens with two attached hydrogens (primary N) is 1. The number of H-pyrrole nitrogens is 1. The van der Waals surface area contributed by atoms with E-state index >= 15 is 4.39 Å². The first kappa shape index (κ1) is 18.0. The number of rotatable bonds is 3. The maximum atomic E-state index is 15.3. The Morgan fingerprint density at radius 1 is 1.23 bits per heavy atom. The van der Waals surface area contributed by atoms with Crippen molar-refractivity contribution in [2.75, 3.05) is 11.1 Å². The number of nitrogens with one attached hydrogen (secondary N) is 2. The van der Waals surface area contributed by atoms with Crippen molar-refractivity contribution in [2.45, 2.75) is 32.1 Å². The molecule has 26 heavy (non-hydrogen) atoms. The Labute approximate surface area is 147 Å². The normalized spacial score (nSPS) is 20.9. The second kappa shape index (κ2) is 6.15. The SMILES string of the molecule is Cc1ccc(C2=C(C(F)(F)F)C=C(Nc3n[nH]c(N)n3)CC2(C)F)cc1. The number of aromatic amines is 1. The lowest BCUT2D eigenvalue weighted by molar-refractivity contribution is -0.0887. The third-order valence-corrected chi connectivity index (χ3v) is 4.05. The molecule has 1 atom stereocenters. The molecule has 1 aromatic heterocycles. The Hall–Kier alpha value is -2.84. The fourth-order valence-corrected chi connectivity index (χ4v) is 2.98. The molecule has 0 bridgehead atoms. The zero-order valence-corrected chi connectivity index (χ0v) is 14.1. The number of nitrogens with zero attached hydrogens (tertiary/aromatic N) is 2. The molecule has 9 heteroatoms. The molecule has 1 aromatic carbocycles. The molecule has 1 heterocycles. The van der Waals surface area contributed by atoms with E-state index in [1.807, 2.05) is 6.92 Å². The summed E-state index contributed by atoms with van der Waals surface area (Å²) in [5.41, 5.74) is 2.82. The molecule has 0 saturated carbocycles. The number of alkyl halides is 4. The fraction of sp³-hybridized carbons (Fsp3) is 0.294. The van der Waals surface area contributed by atoms with Crippen LogP contribution in [0.3, 0.4) is 0 Å². The monoisotopic (exact) mass is 367 g/mol. The second-order valence-electron chi connectivity index (χ2n) is 6.37. The minimum atomic E-state index is -4.72. The first-order chi connectivity index (χ1) is 12.1. The lowest BCUT2D eigenvalue weighted by Gasteiger charge is -2.32. The van der Waals surface area contributed by atoms with Crippen LogP contribution in [0.1, 0.15) is 24.5 Å². The summed E-state index contributed by atoms with van der Waals surface area (Å²) in [6.45, 7) is 2.94. The predicted molar refractivity (Wildman–Crippen MR) is 90.8 cm³/mol. The lowest BCUT2D eigenvalue weighted by atomic mass is 9.79. The van der Waals surface area contributed by atoms with Gasteiger partial charge in [-0.25, -0.2) is 9.49 Å². The van der Waals surface area contributed by atoms with Crippen LogP contribution >= 0.6 is 0 Å². The Kier molecular flexibility index (Phi) is 4.25. The van der Waals surface area contributed by atoms with Crippen LogP contribution < -0.4 is 11.1 Å². The van der Waals surface area contributed by atoms with Gasteiger partial charge in [0.2, 0.25) is 11.9 Å². The predicted octanol–water partition coefficient (Wildman–Crippen LogP) is 4.14. The van der Waals surface area contributed by atoms with Gasteiger partial charge in [0.1, 0.15) is 5.67 Å². The number of benzene rings is 1. The third kappa shape index (κ3) is 3.56. The summed E-state index contributed by atoms with van der Waals surface area (Å²) in [6, 6.07) is 6.30. The molecule has 0 radical (unpaired) electrons. The molecule has 0 saturated heterocycles. The average Bonchev–Trinajstić information content (AvgIpc) is 2.91. The summed E-state index contributed by atoms with van der Waals surface area (Å²) in [6.07, 6.45) is -4.12. The van der Waals surface area contributed by atoms with Crippen molar-refractivity contribution in [1.82, 2.24) is 15.2 Å². The zero-order valence-electron chi connectivity index (χ0n) is 14.1. The molecule has 1 aliphatic rings. The van der Waals surface area contributed by atoms with Gasteiger partial charge in [-0.15, -0.1) is 5.10 Å². The van der Waals surface area contributed by atoms with E-state index < -0.39 is 17.4 Å². The van der Waals surface area contributed by atoms with Crippen molar-refractivity contribution in [3.63, 3.8) is 0 Å². The largest absolute Gasteiger partial charge is 0.416 e. The maximum Gasteiger partial charge on any atom is 0.416 e. The molecule has 2 aromatic rings. The number of nitrogen functional groups attached to an aromatic ring is 1. The van der Waals surface area contributed by atoms with E-state index in [2.05, 4.69) is 20.5 Å². The third-order valence-electron chi connectivity index (χ3n) is 4.05. The number of aromatic nitrogens is 3. The van der Waals surface area contributed by atoms with E-state index in [1.165, 1.54) is 12.1 Å². The van der Waals surface area contributed by atoms with Crippen LogP contribution in [-0.2, 0) is 0 Å². The molecule has 0 aliphatic heterocycles. The Morgan fingerprint density at radius 3 is 2.42 bits per heavy atom. The highest BCUT2D eigenvalue weighted by molar-refractivity contribution is 5.80. The van der Waals surface area contributed by atoms with Crippen molar-refractivity contribution in [3.8, 4) is 0 Å². The number of hydrogen-bond donors (Lipinski definition) is 3. The van der Waals surface area contributed by atoms with Gasteiger partial charge in [-0.1, -0.05) is 29.8 Å². The fourth-order valence-electron chi connectivity index (χ4n) is 2.98. The average molecular weight is 367 g/mol. The standard InChI is InChI=1S/C17H17F4N5/c1-9-3-5-10(6-4-9)13-12(17(19,20)21)7-11(8-16(13,2)18)23-15-24-14(22)25-26-15/h3-7H,8H2,1-2H3,(H4,22,23,24,25,26). The van der Waals surface area contributed by atoms with Crippen molar-refractivity contribution < 1.29 is 17.6 Å². The highest BCUT2D eigenvalue weighted by Crippen LogP contribution is 2.47. The molecule has 1 unspecified atom stereocenters. The second-order valence-corrected chi connectivity index (χ2v) is 6.37. The van der Waals surface area contributed by atoms with Gasteiger partial charge < -0.3 is 11.1 Å². The van der Waals surface area contributed by atoms with Crippen LogP contribution in [0.4, 0.5) is 29.5 Å². The smallest absolute Gasteiger partial charge is 0.368 e. The van der Waals surface area contributed by atoms with Gasteiger partial charge in [-0.2, -0.15) is 18.2 Å². The molecular formula is C17H17F4N5. The molecule has 138 valence electrons. The van der Waals surface area contributed by atoms with E-state index in [0.29, 0.717) is 0 Å². The summed E-state index contributed by atoms with van der Waals surface area (Å²) in [4.78, 5) is 3.77. The first-order valence-electron chi connectivity index (χ1n) is 7.79. The van der Waals surface area contributed by atoms with E-state index in [9.17, 15) is 13.2 Å². The Balaban J connectivity index is 2.11. The maximum absolute atomic E-state index is 15.3. The highest BCUT2D eigenvalue weighted by atomic mass is 19.4. The van der Waals surface area contributed by atoms with Crippen molar-refractivity contribution in [2.24, 2.45) is 0 Å². The van der Waals surface area contributed by atoms with Crippen LogP contribution in [0.2, 0.25) is 0 Å². The minimum absolute atomic E-state index is 0.00106. The van der Waals surface area contributed by atoms with Gasteiger partial charge in [0.25, 0.3) is 0 Å². The Morgan fingerprint density at radius 2 is 1.88 bits per heavy atom. The van der Waals surface area contributed by atoms with E-state index in [0.717, 1.165) is 18.6 Å². The topological polar surface area (TPSA) is 79.6 Å². The van der Waals surface area contributed by atoms with Crippen molar-refractivity contribution >= 4 is 17.5 Å². The van der Waals surface area contributed by atoms with Gasteiger partial charge in [0.05, 0.1) is 5.57 Å². The highest BCUT2D eigenvalue weighted by Gasteiger charge is 2.45. The molecule has 0 fully saturated rings. The van der Waals surface area contributed by atoms with Crippen LogP contribution in [0.15, 0.2) is 41.6 Å². The van der Waals surface area contributed by atoms with Crippen molar-refractivity contribution in [1.29, 1.82) is 0 Å². The molecular weight excluding hydrogens is 350 g/mol. The molecule has 3 rings (SSSR count). The quantitative estimate of drug-likeness (QED) is 0.713. The summed E-state index contributed by atoms with van der Waals surface area (Å²) in [5, 5.41) is 8.65. The summed E-state index contributed by atoms with van der Waals surface area (Å²) < 4.78 is 56.3. The molecule has 4 N–H and O–H groups in total. The van der Waals surface area contributed by atoms with Gasteiger partial charge in [-0.05, 0) is 25.5 Å². The van der Waals surface area contributed by atoms with Crippen molar-refractivity contribution in [3.05, 3.63) is 52.7 Å². The first-order valence-corrected chi connectivity index (χ1v) is 7.79. The van der Waals surface area contributed by atoms with Gasteiger partial charge >= 0.3 is 6.18 Å². The zero-order chi connectivity index (χ0) is 19.1. The molecule has 5 nitrogen and oxygen atoms in total.